The van der Waals surface area contributed by atoms with Crippen LogP contribution in [0.4, 0.5) is 0 Å². The van der Waals surface area contributed by atoms with Crippen LogP contribution in [-0.2, 0) is 14.9 Å². The van der Waals surface area contributed by atoms with E-state index >= 15 is 0 Å². The lowest BCUT2D eigenvalue weighted by Crippen LogP contribution is -2.59. The van der Waals surface area contributed by atoms with E-state index in [0.717, 1.165) is 0 Å². The first-order valence-electron chi connectivity index (χ1n) is 6.21. The minimum Gasteiger partial charge on any atom is -0.368 e. The molecule has 0 aromatic heterocycles. The average molecular weight is 279 g/mol. The highest BCUT2D eigenvalue weighted by atomic mass is 32.2. The molecule has 1 aliphatic heterocycles. The van der Waals surface area contributed by atoms with E-state index < -0.39 is 15.8 Å². The SMILES string of the molecule is CC(C)N(C)S(=O)(=O)N1CC(CN)OC(C)(C)C1. The van der Waals surface area contributed by atoms with Crippen molar-refractivity contribution in [1.29, 1.82) is 0 Å². The number of hydrogen-bond donors (Lipinski definition) is 1. The fourth-order valence-corrected chi connectivity index (χ4v) is 3.71. The Morgan fingerprint density at radius 3 is 2.50 bits per heavy atom. The molecule has 2 N–H and O–H groups in total. The van der Waals surface area contributed by atoms with Gasteiger partial charge < -0.3 is 10.5 Å². The van der Waals surface area contributed by atoms with Gasteiger partial charge in [0, 0.05) is 32.7 Å². The second kappa shape index (κ2) is 5.42. The Hall–Kier alpha value is -0.210. The average Bonchev–Trinajstić information content (AvgIpc) is 2.25. The summed E-state index contributed by atoms with van der Waals surface area (Å²) in [4.78, 5) is 0. The number of rotatable bonds is 4. The van der Waals surface area contributed by atoms with E-state index in [9.17, 15) is 8.42 Å². The number of nitrogens with two attached hydrogens (primary N) is 1. The van der Waals surface area contributed by atoms with Crippen LogP contribution in [0.2, 0.25) is 0 Å². The Balaban J connectivity index is 2.94. The molecule has 1 fully saturated rings. The Bertz CT molecular complexity index is 381. The smallest absolute Gasteiger partial charge is 0.282 e. The summed E-state index contributed by atoms with van der Waals surface area (Å²) < 4.78 is 33.4. The summed E-state index contributed by atoms with van der Waals surface area (Å²) in [6, 6.07) is -0.0720. The minimum atomic E-state index is -3.44. The molecule has 0 aromatic carbocycles. The number of ether oxygens (including phenoxy) is 1. The second-order valence-corrected chi connectivity index (χ2v) is 7.63. The van der Waals surface area contributed by atoms with Crippen molar-refractivity contribution in [2.45, 2.75) is 45.4 Å². The highest BCUT2D eigenvalue weighted by Crippen LogP contribution is 2.24. The van der Waals surface area contributed by atoms with E-state index in [1.807, 2.05) is 27.7 Å². The molecule has 1 heterocycles. The molecule has 0 saturated carbocycles. The summed E-state index contributed by atoms with van der Waals surface area (Å²) in [6.07, 6.45) is -0.246. The van der Waals surface area contributed by atoms with Crippen LogP contribution >= 0.6 is 0 Å². The Labute approximate surface area is 110 Å². The molecule has 1 atom stereocenters. The first-order valence-corrected chi connectivity index (χ1v) is 7.61. The maximum atomic E-state index is 12.4. The van der Waals surface area contributed by atoms with Crippen LogP contribution in [0.5, 0.6) is 0 Å². The van der Waals surface area contributed by atoms with Crippen LogP contribution in [-0.4, -0.2) is 61.5 Å². The van der Waals surface area contributed by atoms with E-state index in [1.54, 1.807) is 7.05 Å². The third-order valence-corrected chi connectivity index (χ3v) is 5.21. The van der Waals surface area contributed by atoms with Crippen molar-refractivity contribution in [2.75, 3.05) is 26.7 Å². The third-order valence-electron chi connectivity index (χ3n) is 3.13. The molecule has 0 bridgehead atoms. The first-order chi connectivity index (χ1) is 8.10. The molecule has 1 saturated heterocycles. The van der Waals surface area contributed by atoms with Gasteiger partial charge in [-0.25, -0.2) is 0 Å². The summed E-state index contributed by atoms with van der Waals surface area (Å²) in [5, 5.41) is 0. The zero-order chi connectivity index (χ0) is 14.1. The molecule has 6 nitrogen and oxygen atoms in total. The number of morpholine rings is 1. The fraction of sp³-hybridized carbons (Fsp3) is 1.00. The van der Waals surface area contributed by atoms with E-state index in [2.05, 4.69) is 0 Å². The number of hydrogen-bond acceptors (Lipinski definition) is 4. The molecule has 7 heteroatoms. The highest BCUT2D eigenvalue weighted by Gasteiger charge is 2.40. The predicted octanol–water partition coefficient (Wildman–Crippen LogP) is 0.00950. The summed E-state index contributed by atoms with van der Waals surface area (Å²) in [5.41, 5.74) is 5.10. The fourth-order valence-electron chi connectivity index (χ4n) is 1.99. The lowest BCUT2D eigenvalue weighted by molar-refractivity contribution is -0.113. The molecule has 108 valence electrons. The maximum absolute atomic E-state index is 12.4. The van der Waals surface area contributed by atoms with Gasteiger partial charge in [0.1, 0.15) is 0 Å². The summed E-state index contributed by atoms with van der Waals surface area (Å²) in [7, 11) is -1.85. The summed E-state index contributed by atoms with van der Waals surface area (Å²) in [6.45, 7) is 8.45. The molecular weight excluding hydrogens is 254 g/mol. The minimum absolute atomic E-state index is 0.0720. The topological polar surface area (TPSA) is 75.9 Å². The molecule has 0 amide bonds. The lowest BCUT2D eigenvalue weighted by atomic mass is 10.1. The van der Waals surface area contributed by atoms with Gasteiger partial charge in [-0.2, -0.15) is 17.0 Å². The predicted molar refractivity (Wildman–Crippen MR) is 71.4 cm³/mol. The molecule has 1 rings (SSSR count). The Morgan fingerprint density at radius 1 is 1.50 bits per heavy atom. The van der Waals surface area contributed by atoms with Crippen molar-refractivity contribution in [3.8, 4) is 0 Å². The largest absolute Gasteiger partial charge is 0.368 e. The molecule has 0 spiro atoms. The lowest BCUT2D eigenvalue weighted by Gasteiger charge is -2.43. The quantitative estimate of drug-likeness (QED) is 0.786. The highest BCUT2D eigenvalue weighted by molar-refractivity contribution is 7.86. The maximum Gasteiger partial charge on any atom is 0.282 e. The molecule has 0 aromatic rings. The van der Waals surface area contributed by atoms with E-state index in [-0.39, 0.29) is 12.1 Å². The zero-order valence-corrected chi connectivity index (χ0v) is 12.7. The first kappa shape index (κ1) is 15.8. The normalized spacial score (nSPS) is 25.9. The van der Waals surface area contributed by atoms with Crippen LogP contribution in [0.15, 0.2) is 0 Å². The van der Waals surface area contributed by atoms with Crippen molar-refractivity contribution in [3.63, 3.8) is 0 Å². The standard InChI is InChI=1S/C11H25N3O3S/c1-9(2)13(5)18(15,16)14-7-10(6-12)17-11(3,4)8-14/h9-10H,6-8,12H2,1-5H3. The van der Waals surface area contributed by atoms with Crippen LogP contribution in [0, 0.1) is 0 Å². The van der Waals surface area contributed by atoms with Crippen molar-refractivity contribution in [2.24, 2.45) is 5.73 Å². The number of nitrogens with zero attached hydrogens (tertiary/aromatic N) is 2. The van der Waals surface area contributed by atoms with Crippen molar-refractivity contribution in [1.82, 2.24) is 8.61 Å². The van der Waals surface area contributed by atoms with Gasteiger partial charge in [0.05, 0.1) is 11.7 Å². The monoisotopic (exact) mass is 279 g/mol. The Morgan fingerprint density at radius 2 is 2.06 bits per heavy atom. The van der Waals surface area contributed by atoms with Crippen molar-refractivity contribution >= 4 is 10.2 Å². The van der Waals surface area contributed by atoms with Gasteiger partial charge in [-0.1, -0.05) is 0 Å². The molecule has 0 aliphatic carbocycles. The van der Waals surface area contributed by atoms with Crippen LogP contribution in [0.1, 0.15) is 27.7 Å². The van der Waals surface area contributed by atoms with Crippen LogP contribution in [0.25, 0.3) is 0 Å². The van der Waals surface area contributed by atoms with E-state index in [0.29, 0.717) is 19.6 Å². The molecule has 1 aliphatic rings. The Kier molecular flexibility index (Phi) is 4.77. The van der Waals surface area contributed by atoms with Gasteiger partial charge in [0.15, 0.2) is 0 Å². The molecule has 1 unspecified atom stereocenters. The van der Waals surface area contributed by atoms with Crippen LogP contribution in [0.3, 0.4) is 0 Å². The van der Waals surface area contributed by atoms with Gasteiger partial charge in [0.25, 0.3) is 10.2 Å². The molecule has 0 radical (unpaired) electrons. The molecule has 18 heavy (non-hydrogen) atoms. The van der Waals surface area contributed by atoms with Crippen LogP contribution < -0.4 is 5.73 Å². The van der Waals surface area contributed by atoms with Crippen molar-refractivity contribution in [3.05, 3.63) is 0 Å². The van der Waals surface area contributed by atoms with Crippen molar-refractivity contribution < 1.29 is 13.2 Å². The van der Waals surface area contributed by atoms with Gasteiger partial charge in [0.2, 0.25) is 0 Å². The van der Waals surface area contributed by atoms with Gasteiger partial charge in [-0.05, 0) is 27.7 Å². The van der Waals surface area contributed by atoms with Gasteiger partial charge in [-0.3, -0.25) is 0 Å². The van der Waals surface area contributed by atoms with E-state index in [4.69, 9.17) is 10.5 Å². The summed E-state index contributed by atoms with van der Waals surface area (Å²) >= 11 is 0. The van der Waals surface area contributed by atoms with Gasteiger partial charge >= 0.3 is 0 Å². The van der Waals surface area contributed by atoms with Gasteiger partial charge in [-0.15, -0.1) is 0 Å². The zero-order valence-electron chi connectivity index (χ0n) is 11.9. The second-order valence-electron chi connectivity index (χ2n) is 5.65. The molecular formula is C11H25N3O3S. The summed E-state index contributed by atoms with van der Waals surface area (Å²) in [5.74, 6) is 0. The third kappa shape index (κ3) is 3.42. The van der Waals surface area contributed by atoms with E-state index in [1.165, 1.54) is 8.61 Å².